The molecule has 7 heteroatoms. The van der Waals surface area contributed by atoms with E-state index < -0.39 is 0 Å². The van der Waals surface area contributed by atoms with Gasteiger partial charge in [-0.1, -0.05) is 88.5 Å². The van der Waals surface area contributed by atoms with E-state index in [4.69, 9.17) is 4.74 Å². The lowest BCUT2D eigenvalue weighted by atomic mass is 9.43. The van der Waals surface area contributed by atoms with Gasteiger partial charge >= 0.3 is 0 Å². The lowest BCUT2D eigenvalue weighted by Gasteiger charge is -2.62. The Morgan fingerprint density at radius 1 is 0.727 bits per heavy atom. The van der Waals surface area contributed by atoms with E-state index in [-0.39, 0.29) is 34.9 Å². The number of carbonyl (C=O) groups excluding carboxylic acids is 2. The Hall–Kier alpha value is -2.48. The van der Waals surface area contributed by atoms with Gasteiger partial charge < -0.3 is 25.6 Å². The second kappa shape index (κ2) is 23.7. The smallest absolute Gasteiger partial charge is 0.220 e. The topological polar surface area (TPSA) is 108 Å². The van der Waals surface area contributed by atoms with Crippen molar-refractivity contribution in [3.63, 3.8) is 0 Å². The molecule has 0 spiro atoms. The highest BCUT2D eigenvalue weighted by Gasteiger charge is 2.62. The standard InChI is InChI=1S/C48H78N2O5/c1-5-6-7-8-9-10-11-12-13-14-15-16-17-18-19-20-21-22-44(53)49-31-33-55-34-32-50-45(54)26-23-37(2)40-24-25-41-46-42(28-30-48(40,41)4)47(3)29-27-39(51)35-38(47)36-43(46)52/h6-7,9-10,12-13,15-16,18-19,37-43,46,51-52H,5,8,11,14,17,20-36H2,1-4H3,(H,49,53)(H,50,54)/b7-6-,10-9-,13-12-,16-15-,19-18-/t37-,38+,39-,40?,41+,42+,43-,46+,47+,48-/m1/s1. The summed E-state index contributed by atoms with van der Waals surface area (Å²) in [6.07, 6.45) is 38.6. The van der Waals surface area contributed by atoms with Gasteiger partial charge in [0.25, 0.3) is 0 Å². The SMILES string of the molecule is CC/C=C\C/C=C\C/C=C\C/C=C\C/C=C\CCCC(=O)NCCOCCNC(=O)CC[C@@H](C)C1CC[C@H]2[C@@H]3[C@H](O)C[C@@H]4C[C@H](O)CC[C@]4(C)[C@H]3CC[C@]12C. The van der Waals surface area contributed by atoms with Crippen LogP contribution < -0.4 is 10.6 Å². The molecule has 0 aliphatic heterocycles. The summed E-state index contributed by atoms with van der Waals surface area (Å²) in [4.78, 5) is 24.9. The molecule has 55 heavy (non-hydrogen) atoms. The fraction of sp³-hybridized carbons (Fsp3) is 0.750. The van der Waals surface area contributed by atoms with Gasteiger partial charge in [-0.25, -0.2) is 0 Å². The second-order valence-electron chi connectivity index (χ2n) is 17.9. The number of carbonyl (C=O) groups is 2. The second-order valence-corrected chi connectivity index (χ2v) is 17.9. The third-order valence-corrected chi connectivity index (χ3v) is 14.3. The van der Waals surface area contributed by atoms with Crippen LogP contribution in [0.5, 0.6) is 0 Å². The highest BCUT2D eigenvalue weighted by molar-refractivity contribution is 5.76. The molecule has 0 aromatic carbocycles. The summed E-state index contributed by atoms with van der Waals surface area (Å²) in [6, 6.07) is 0. The summed E-state index contributed by atoms with van der Waals surface area (Å²) < 4.78 is 5.66. The first-order valence-corrected chi connectivity index (χ1v) is 22.3. The van der Waals surface area contributed by atoms with Gasteiger partial charge in [-0.05, 0) is 149 Å². The van der Waals surface area contributed by atoms with Crippen LogP contribution in [0.2, 0.25) is 0 Å². The average Bonchev–Trinajstić information content (AvgIpc) is 3.52. The minimum absolute atomic E-state index is 0.0525. The van der Waals surface area contributed by atoms with E-state index in [1.807, 2.05) is 0 Å². The molecule has 1 unspecified atom stereocenters. The number of hydrogen-bond donors (Lipinski definition) is 4. The molecule has 310 valence electrons. The molecule has 0 aromatic rings. The summed E-state index contributed by atoms with van der Waals surface area (Å²) in [5.41, 5.74) is 0.483. The number of hydrogen-bond acceptors (Lipinski definition) is 5. The van der Waals surface area contributed by atoms with Gasteiger partial charge in [-0.2, -0.15) is 0 Å². The number of allylic oxidation sites excluding steroid dienone is 10. The van der Waals surface area contributed by atoms with E-state index in [2.05, 4.69) is 99.1 Å². The number of rotatable bonds is 23. The van der Waals surface area contributed by atoms with Crippen molar-refractivity contribution in [3.05, 3.63) is 60.8 Å². The van der Waals surface area contributed by atoms with Crippen LogP contribution in [0.25, 0.3) is 0 Å². The molecule has 4 rings (SSSR count). The summed E-state index contributed by atoms with van der Waals surface area (Å²) >= 11 is 0. The van der Waals surface area contributed by atoms with Crippen molar-refractivity contribution >= 4 is 11.8 Å². The van der Waals surface area contributed by atoms with Crippen molar-refractivity contribution in [1.29, 1.82) is 0 Å². The van der Waals surface area contributed by atoms with Gasteiger partial charge in [0.1, 0.15) is 0 Å². The number of amides is 2. The highest BCUT2D eigenvalue weighted by Crippen LogP contribution is 2.68. The minimum atomic E-state index is -0.248. The largest absolute Gasteiger partial charge is 0.393 e. The number of aliphatic hydroxyl groups is 2. The Kier molecular flexibility index (Phi) is 19.5. The maximum Gasteiger partial charge on any atom is 0.220 e. The number of nitrogens with one attached hydrogen (secondary N) is 2. The minimum Gasteiger partial charge on any atom is -0.393 e. The zero-order chi connectivity index (χ0) is 39.5. The average molecular weight is 763 g/mol. The van der Waals surface area contributed by atoms with Crippen molar-refractivity contribution in [1.82, 2.24) is 10.6 Å². The molecule has 10 atom stereocenters. The molecule has 0 heterocycles. The first-order chi connectivity index (χ1) is 26.6. The van der Waals surface area contributed by atoms with Gasteiger partial charge in [0.2, 0.25) is 11.8 Å². The van der Waals surface area contributed by atoms with Gasteiger partial charge in [0, 0.05) is 25.9 Å². The first-order valence-electron chi connectivity index (χ1n) is 22.3. The van der Waals surface area contributed by atoms with Crippen LogP contribution in [0.1, 0.15) is 143 Å². The highest BCUT2D eigenvalue weighted by atomic mass is 16.5. The fourth-order valence-corrected chi connectivity index (χ4v) is 11.3. The lowest BCUT2D eigenvalue weighted by Crippen LogP contribution is -2.58. The number of fused-ring (bicyclic) bond motifs is 5. The van der Waals surface area contributed by atoms with E-state index >= 15 is 0 Å². The van der Waals surface area contributed by atoms with Crippen molar-refractivity contribution < 1.29 is 24.5 Å². The predicted octanol–water partition coefficient (Wildman–Crippen LogP) is 9.56. The normalized spacial score (nSPS) is 32.7. The Balaban J connectivity index is 0.986. The fourth-order valence-electron chi connectivity index (χ4n) is 11.3. The molecule has 7 nitrogen and oxygen atoms in total. The predicted molar refractivity (Wildman–Crippen MR) is 226 cm³/mol. The summed E-state index contributed by atoms with van der Waals surface area (Å²) in [5.74, 6) is 3.15. The summed E-state index contributed by atoms with van der Waals surface area (Å²) in [5, 5.41) is 27.9. The van der Waals surface area contributed by atoms with E-state index in [0.29, 0.717) is 74.7 Å². The number of ether oxygens (including phenoxy) is 1. The molecule has 0 saturated heterocycles. The number of unbranched alkanes of at least 4 members (excludes halogenated alkanes) is 1. The summed E-state index contributed by atoms with van der Waals surface area (Å²) in [6.45, 7) is 11.3. The molecule has 2 amide bonds. The summed E-state index contributed by atoms with van der Waals surface area (Å²) in [7, 11) is 0. The van der Waals surface area contributed by atoms with Crippen molar-refractivity contribution in [2.75, 3.05) is 26.3 Å². The van der Waals surface area contributed by atoms with Gasteiger partial charge in [0.15, 0.2) is 0 Å². The molecule has 0 radical (unpaired) electrons. The molecule has 4 aliphatic rings. The molecule has 0 aromatic heterocycles. The van der Waals surface area contributed by atoms with E-state index in [1.165, 1.54) is 25.7 Å². The maximum absolute atomic E-state index is 12.7. The Morgan fingerprint density at radius 2 is 1.29 bits per heavy atom. The Morgan fingerprint density at radius 3 is 1.93 bits per heavy atom. The zero-order valence-electron chi connectivity index (χ0n) is 35.1. The molecule has 4 saturated carbocycles. The quantitative estimate of drug-likeness (QED) is 0.0613. The third-order valence-electron chi connectivity index (χ3n) is 14.3. The van der Waals surface area contributed by atoms with Crippen LogP contribution in [0.3, 0.4) is 0 Å². The van der Waals surface area contributed by atoms with Gasteiger partial charge in [-0.15, -0.1) is 0 Å². The van der Waals surface area contributed by atoms with Crippen LogP contribution in [0.4, 0.5) is 0 Å². The van der Waals surface area contributed by atoms with Crippen LogP contribution in [0, 0.1) is 46.3 Å². The van der Waals surface area contributed by atoms with Crippen LogP contribution >= 0.6 is 0 Å². The molecule has 4 N–H and O–H groups in total. The molecule has 0 bridgehead atoms. The Bertz CT molecular complexity index is 1300. The monoisotopic (exact) mass is 763 g/mol. The van der Waals surface area contributed by atoms with Crippen LogP contribution in [-0.4, -0.2) is 60.5 Å². The van der Waals surface area contributed by atoms with Gasteiger partial charge in [0.05, 0.1) is 25.4 Å². The molecular weight excluding hydrogens is 685 g/mol. The first kappa shape index (κ1) is 45.2. The lowest BCUT2D eigenvalue weighted by molar-refractivity contribution is -0.174. The third kappa shape index (κ3) is 13.6. The maximum atomic E-state index is 12.7. The Labute approximate surface area is 335 Å². The van der Waals surface area contributed by atoms with E-state index in [9.17, 15) is 19.8 Å². The van der Waals surface area contributed by atoms with Crippen LogP contribution in [0.15, 0.2) is 60.8 Å². The molecule has 4 aliphatic carbocycles. The zero-order valence-corrected chi connectivity index (χ0v) is 35.1. The van der Waals surface area contributed by atoms with Crippen molar-refractivity contribution in [3.8, 4) is 0 Å². The van der Waals surface area contributed by atoms with Gasteiger partial charge in [-0.3, -0.25) is 9.59 Å². The van der Waals surface area contributed by atoms with Crippen molar-refractivity contribution in [2.45, 2.75) is 155 Å². The van der Waals surface area contributed by atoms with Crippen LogP contribution in [-0.2, 0) is 14.3 Å². The number of aliphatic hydroxyl groups excluding tert-OH is 2. The van der Waals surface area contributed by atoms with Crippen molar-refractivity contribution in [2.24, 2.45) is 46.3 Å². The van der Waals surface area contributed by atoms with E-state index in [1.54, 1.807) is 0 Å². The molecule has 4 fully saturated rings. The molecular formula is C48H78N2O5. The van der Waals surface area contributed by atoms with E-state index in [0.717, 1.165) is 77.0 Å².